The predicted octanol–water partition coefficient (Wildman–Crippen LogP) is 9.81. The zero-order chi connectivity index (χ0) is 40.0. The van der Waals surface area contributed by atoms with E-state index in [1.165, 1.54) is 0 Å². The van der Waals surface area contributed by atoms with Crippen LogP contribution in [0.1, 0.15) is 30.7 Å². The summed E-state index contributed by atoms with van der Waals surface area (Å²) in [5.74, 6) is 0.186. The number of aromatic nitrogens is 2. The van der Waals surface area contributed by atoms with Crippen LogP contribution in [0.2, 0.25) is 35.7 Å². The van der Waals surface area contributed by atoms with Crippen LogP contribution in [0.25, 0.3) is 28.1 Å². The van der Waals surface area contributed by atoms with Gasteiger partial charge in [-0.25, -0.2) is 9.29 Å². The lowest BCUT2D eigenvalue weighted by molar-refractivity contribution is -0.127. The van der Waals surface area contributed by atoms with E-state index in [0.29, 0.717) is 46.4 Å². The van der Waals surface area contributed by atoms with Crippen molar-refractivity contribution in [1.82, 2.24) is 13.9 Å². The number of nitrogens with zero attached hydrogens (tertiary/aromatic N) is 4. The van der Waals surface area contributed by atoms with Gasteiger partial charge in [0.05, 0.1) is 16.4 Å². The van der Waals surface area contributed by atoms with E-state index >= 15 is 0 Å². The fourth-order valence-electron chi connectivity index (χ4n) is 6.17. The van der Waals surface area contributed by atoms with Gasteiger partial charge in [-0.05, 0) is 90.2 Å². The quantitative estimate of drug-likeness (QED) is 0.0600. The minimum atomic E-state index is -4.11. The third kappa shape index (κ3) is 10.3. The number of anilines is 2. The second kappa shape index (κ2) is 18.1. The molecule has 1 aromatic heterocycles. The summed E-state index contributed by atoms with van der Waals surface area (Å²) >= 11 is 16.2. The maximum atomic E-state index is 13.4. The second-order valence-electron chi connectivity index (χ2n) is 14.8. The molecule has 0 unspecified atom stereocenters. The fraction of sp³-hybridized carbons (Fsp3) is 0.293. The third-order valence-electron chi connectivity index (χ3n) is 9.30. The number of carbonyl (C=O) groups excluding carboxylic acids is 2. The maximum Gasteiger partial charge on any atom is 0.331 e. The summed E-state index contributed by atoms with van der Waals surface area (Å²) in [6.45, 7) is 6.41. The van der Waals surface area contributed by atoms with Gasteiger partial charge in [-0.2, -0.15) is 12.7 Å². The number of nitrogens with one attached hydrogen (secondary N) is 1. The molecule has 0 aliphatic carbocycles. The molecular formula is C41H44BrCl2N5O5SSi. The van der Waals surface area contributed by atoms with Crippen molar-refractivity contribution in [1.29, 1.82) is 0 Å². The number of rotatable bonds is 16. The number of carbonyl (C=O) groups is 2. The fourth-order valence-corrected chi connectivity index (χ4v) is 9.25. The average molecular weight is 898 g/mol. The summed E-state index contributed by atoms with van der Waals surface area (Å²) in [6.07, 6.45) is 4.62. The van der Waals surface area contributed by atoms with Crippen LogP contribution in [0, 0.1) is 0 Å². The highest BCUT2D eigenvalue weighted by molar-refractivity contribution is 9.09. The number of unbranched alkanes of at least 4 members (excludes halogenated alkanes) is 1. The molecule has 1 aliphatic heterocycles. The number of halogens is 3. The van der Waals surface area contributed by atoms with Crippen LogP contribution in [0.4, 0.5) is 11.4 Å². The molecule has 15 heteroatoms. The Morgan fingerprint density at radius 2 is 1.66 bits per heavy atom. The topological polar surface area (TPSA) is 114 Å². The lowest BCUT2D eigenvalue weighted by Gasteiger charge is -2.21. The van der Waals surface area contributed by atoms with Crippen LogP contribution in [0.15, 0.2) is 97.2 Å². The van der Waals surface area contributed by atoms with Crippen LogP contribution < -0.4 is 9.62 Å². The first-order valence-electron chi connectivity index (χ1n) is 18.3. The Labute approximate surface area is 348 Å². The van der Waals surface area contributed by atoms with Crippen molar-refractivity contribution in [3.63, 3.8) is 0 Å². The van der Waals surface area contributed by atoms with E-state index in [-0.39, 0.29) is 19.2 Å². The highest BCUT2D eigenvalue weighted by Crippen LogP contribution is 2.33. The molecule has 0 saturated carbocycles. The monoisotopic (exact) mass is 895 g/mol. The normalized spacial score (nSPS) is 14.1. The Kier molecular flexibility index (Phi) is 13.4. The summed E-state index contributed by atoms with van der Waals surface area (Å²) in [4.78, 5) is 30.3. The van der Waals surface area contributed by atoms with Crippen molar-refractivity contribution in [2.75, 3.05) is 34.8 Å². The highest BCUT2D eigenvalue weighted by Gasteiger charge is 2.42. The number of hydrogen-bond donors (Lipinski definition) is 1. The molecule has 10 nitrogen and oxygen atoms in total. The zero-order valence-electron chi connectivity index (χ0n) is 31.5. The van der Waals surface area contributed by atoms with E-state index < -0.39 is 24.2 Å². The van der Waals surface area contributed by atoms with Crippen molar-refractivity contribution in [3.8, 4) is 28.1 Å². The molecule has 1 saturated heterocycles. The van der Waals surface area contributed by atoms with E-state index in [2.05, 4.69) is 40.9 Å². The first kappa shape index (κ1) is 41.6. The lowest BCUT2D eigenvalue weighted by atomic mass is 10.0. The number of amides is 2. The van der Waals surface area contributed by atoms with Gasteiger partial charge in [0.15, 0.2) is 0 Å². The van der Waals surface area contributed by atoms with E-state index in [4.69, 9.17) is 32.9 Å². The molecule has 2 heterocycles. The second-order valence-corrected chi connectivity index (χ2v) is 23.8. The van der Waals surface area contributed by atoms with Gasteiger partial charge in [-0.1, -0.05) is 95.2 Å². The molecule has 294 valence electrons. The smallest absolute Gasteiger partial charge is 0.331 e. The molecule has 6 rings (SSSR count). The molecule has 5 aromatic rings. The van der Waals surface area contributed by atoms with Gasteiger partial charge in [-0.15, -0.1) is 0 Å². The summed E-state index contributed by atoms with van der Waals surface area (Å²) in [6, 6.07) is 29.1. The van der Waals surface area contributed by atoms with Crippen molar-refractivity contribution in [2.24, 2.45) is 0 Å². The van der Waals surface area contributed by atoms with Crippen LogP contribution >= 0.6 is 39.1 Å². The van der Waals surface area contributed by atoms with Gasteiger partial charge in [-0.3, -0.25) is 9.59 Å². The molecule has 0 radical (unpaired) electrons. The van der Waals surface area contributed by atoms with Gasteiger partial charge < -0.3 is 14.6 Å². The Hall–Kier alpha value is -3.98. The van der Waals surface area contributed by atoms with Crippen molar-refractivity contribution < 1.29 is 22.7 Å². The summed E-state index contributed by atoms with van der Waals surface area (Å²) in [5, 5.41) is 4.86. The third-order valence-corrected chi connectivity index (χ3v) is 13.9. The van der Waals surface area contributed by atoms with E-state index in [1.807, 2.05) is 65.4 Å². The Balaban J connectivity index is 1.23. The molecule has 1 N–H and O–H groups in total. The number of imidazole rings is 1. The first-order chi connectivity index (χ1) is 26.7. The SMILES string of the molecule is C[Si](C)(C)CCOCN1C(=O)CN(c2ccc(-n3cc(-c4ccc(Cl)cc4Cl)nc3Cc3ccc(-c4cccc(NC(=O)CCCCBr)c4)cc3)cc2)S1(=O)=O. The molecule has 0 atom stereocenters. The maximum absolute atomic E-state index is 13.4. The summed E-state index contributed by atoms with van der Waals surface area (Å²) in [7, 11) is -5.49. The predicted molar refractivity (Wildman–Crippen MR) is 232 cm³/mol. The van der Waals surface area contributed by atoms with E-state index in [1.54, 1.807) is 36.4 Å². The number of benzene rings is 4. The molecule has 1 aliphatic rings. The van der Waals surface area contributed by atoms with Crippen molar-refractivity contribution in [2.45, 2.75) is 51.4 Å². The van der Waals surface area contributed by atoms with Gasteiger partial charge in [0.2, 0.25) is 5.91 Å². The minimum absolute atomic E-state index is 0.000650. The Morgan fingerprint density at radius 3 is 2.36 bits per heavy atom. The molecule has 4 aromatic carbocycles. The molecule has 0 bridgehead atoms. The first-order valence-corrected chi connectivity index (χ1v) is 25.3. The van der Waals surface area contributed by atoms with E-state index in [9.17, 15) is 18.0 Å². The molecular weight excluding hydrogens is 853 g/mol. The molecule has 56 heavy (non-hydrogen) atoms. The van der Waals surface area contributed by atoms with Crippen LogP contribution in [0.3, 0.4) is 0 Å². The molecule has 0 spiro atoms. The largest absolute Gasteiger partial charge is 0.360 e. The number of hydrogen-bond acceptors (Lipinski definition) is 6. The average Bonchev–Trinajstić information content (AvgIpc) is 3.66. The van der Waals surface area contributed by atoms with Crippen LogP contribution in [-0.2, 0) is 31.0 Å². The van der Waals surface area contributed by atoms with Gasteiger partial charge in [0.1, 0.15) is 19.1 Å². The molecule has 1 fully saturated rings. The van der Waals surface area contributed by atoms with Gasteiger partial charge in [0, 0.05) is 61.0 Å². The Bertz CT molecular complexity index is 2300. The van der Waals surface area contributed by atoms with Crippen molar-refractivity contribution in [3.05, 3.63) is 119 Å². The summed E-state index contributed by atoms with van der Waals surface area (Å²) in [5.41, 5.74) is 6.21. The number of alkyl halides is 1. The molecule has 2 amide bonds. The minimum Gasteiger partial charge on any atom is -0.360 e. The standard InChI is InChI=1S/C41H44BrCl2N5O5SSi/c1-56(2,3)22-21-54-28-49-41(51)27-48(55(49,52)53)35-17-15-34(16-18-35)47-26-38(36-19-14-32(43)25-37(36)44)46-39(47)23-29-10-12-30(13-11-29)31-7-6-8-33(24-31)45-40(50)9-4-5-20-42/h6-8,10-19,24-26H,4-5,9,20-23,27-28H2,1-3H3,(H,45,50). The zero-order valence-corrected chi connectivity index (χ0v) is 36.4. The van der Waals surface area contributed by atoms with Crippen LogP contribution in [-0.4, -0.2) is 67.4 Å². The van der Waals surface area contributed by atoms with Crippen molar-refractivity contribution >= 4 is 80.6 Å². The van der Waals surface area contributed by atoms with Gasteiger partial charge in [0.25, 0.3) is 5.91 Å². The Morgan fingerprint density at radius 1 is 0.929 bits per heavy atom. The van der Waals surface area contributed by atoms with E-state index in [0.717, 1.165) is 66.7 Å². The highest BCUT2D eigenvalue weighted by atomic mass is 79.9. The number of ether oxygens (including phenoxy) is 1. The lowest BCUT2D eigenvalue weighted by Crippen LogP contribution is -2.36. The summed E-state index contributed by atoms with van der Waals surface area (Å²) < 4.78 is 36.4. The van der Waals surface area contributed by atoms with Gasteiger partial charge >= 0.3 is 10.2 Å². The van der Waals surface area contributed by atoms with Crippen LogP contribution in [0.5, 0.6) is 0 Å².